The average Bonchev–Trinajstić information content (AvgIpc) is 2.20. The number of benzene rings is 2. The van der Waals surface area contributed by atoms with Gasteiger partial charge in [0.2, 0.25) is 0 Å². The van der Waals surface area contributed by atoms with E-state index in [1.165, 1.54) is 22.3 Å². The number of hydrogen-bond acceptors (Lipinski definition) is 1. The Hall–Kier alpha value is -1.21. The predicted octanol–water partition coefficient (Wildman–Crippen LogP) is 4.18. The first-order valence-corrected chi connectivity index (χ1v) is 5.94. The summed E-state index contributed by atoms with van der Waals surface area (Å²) in [7, 11) is 0. The fourth-order valence-electron chi connectivity index (χ4n) is 2.05. The zero-order chi connectivity index (χ0) is 11.5. The third-order valence-corrected chi connectivity index (χ3v) is 3.10. The fourth-order valence-corrected chi connectivity index (χ4v) is 2.29. The fraction of sp³-hybridized carbons (Fsp3) is 0.200. The lowest BCUT2D eigenvalue weighted by Gasteiger charge is -2.07. The lowest BCUT2D eigenvalue weighted by Crippen LogP contribution is -1.91. The van der Waals surface area contributed by atoms with Crippen molar-refractivity contribution in [2.45, 2.75) is 25.2 Å². The minimum atomic E-state index is 0.961. The van der Waals surface area contributed by atoms with Gasteiger partial charge in [-0.05, 0) is 37.5 Å². The molecule has 0 saturated heterocycles. The molecule has 0 bridgehead atoms. The first-order chi connectivity index (χ1) is 7.65. The molecule has 0 unspecified atom stereocenters. The Morgan fingerprint density at radius 3 is 2.19 bits per heavy atom. The van der Waals surface area contributed by atoms with Crippen LogP contribution in [0.1, 0.15) is 22.3 Å². The van der Waals surface area contributed by atoms with E-state index in [9.17, 15) is 0 Å². The molecule has 0 spiro atoms. The number of hydrogen-bond donors (Lipinski definition) is 1. The molecule has 2 aromatic carbocycles. The molecular weight excluding hydrogens is 212 g/mol. The maximum Gasteiger partial charge on any atom is 0.00754 e. The van der Waals surface area contributed by atoms with Crippen molar-refractivity contribution in [3.8, 4) is 0 Å². The molecule has 0 nitrogen and oxygen atoms in total. The van der Waals surface area contributed by atoms with E-state index in [1.807, 2.05) is 12.1 Å². The maximum absolute atomic E-state index is 4.48. The molecule has 0 N–H and O–H groups in total. The predicted molar refractivity (Wildman–Crippen MR) is 72.4 cm³/mol. The molecule has 2 aromatic rings. The second-order valence-corrected chi connectivity index (χ2v) is 4.78. The highest BCUT2D eigenvalue weighted by molar-refractivity contribution is 7.80. The molecule has 0 aliphatic rings. The van der Waals surface area contributed by atoms with Crippen LogP contribution in [-0.4, -0.2) is 0 Å². The summed E-state index contributed by atoms with van der Waals surface area (Å²) in [6.45, 7) is 4.28. The Balaban J connectivity index is 2.30. The molecule has 82 valence electrons. The second-order valence-electron chi connectivity index (χ2n) is 4.30. The lowest BCUT2D eigenvalue weighted by molar-refractivity contribution is 1.12. The molecule has 0 atom stereocenters. The first-order valence-electron chi connectivity index (χ1n) is 5.49. The van der Waals surface area contributed by atoms with Crippen molar-refractivity contribution < 1.29 is 0 Å². The summed E-state index contributed by atoms with van der Waals surface area (Å²) in [6, 6.07) is 15.0. The summed E-state index contributed by atoms with van der Waals surface area (Å²) in [4.78, 5) is 1.07. The molecular formula is C15H16S. The average molecular weight is 228 g/mol. The van der Waals surface area contributed by atoms with Crippen molar-refractivity contribution in [3.63, 3.8) is 0 Å². The Morgan fingerprint density at radius 2 is 1.56 bits per heavy atom. The van der Waals surface area contributed by atoms with E-state index >= 15 is 0 Å². The van der Waals surface area contributed by atoms with E-state index in [1.54, 1.807) is 0 Å². The van der Waals surface area contributed by atoms with Gasteiger partial charge >= 0.3 is 0 Å². The summed E-state index contributed by atoms with van der Waals surface area (Å²) in [5.41, 5.74) is 5.30. The normalized spacial score (nSPS) is 10.4. The molecule has 0 aliphatic heterocycles. The van der Waals surface area contributed by atoms with Gasteiger partial charge in [-0.3, -0.25) is 0 Å². The molecule has 16 heavy (non-hydrogen) atoms. The van der Waals surface area contributed by atoms with Crippen LogP contribution < -0.4 is 0 Å². The van der Waals surface area contributed by atoms with Gasteiger partial charge in [-0.2, -0.15) is 0 Å². The molecule has 0 heterocycles. The van der Waals surface area contributed by atoms with Gasteiger partial charge in [0.05, 0.1) is 0 Å². The molecule has 0 amide bonds. The molecule has 0 fully saturated rings. The van der Waals surface area contributed by atoms with E-state index in [2.05, 4.69) is 56.8 Å². The van der Waals surface area contributed by atoms with Crippen LogP contribution in [0.5, 0.6) is 0 Å². The quantitative estimate of drug-likeness (QED) is 0.732. The highest BCUT2D eigenvalue weighted by atomic mass is 32.1. The molecule has 0 saturated carbocycles. The van der Waals surface area contributed by atoms with Gasteiger partial charge in [-0.1, -0.05) is 47.5 Å². The van der Waals surface area contributed by atoms with Crippen molar-refractivity contribution in [3.05, 3.63) is 64.7 Å². The van der Waals surface area contributed by atoms with Crippen LogP contribution >= 0.6 is 12.6 Å². The van der Waals surface area contributed by atoms with E-state index in [0.717, 1.165) is 11.3 Å². The van der Waals surface area contributed by atoms with E-state index in [0.29, 0.717) is 0 Å². The SMILES string of the molecule is Cc1cc(C)cc(Cc2ccccc2S)c1. The van der Waals surface area contributed by atoms with E-state index < -0.39 is 0 Å². The van der Waals surface area contributed by atoms with Gasteiger partial charge in [0.25, 0.3) is 0 Å². The largest absolute Gasteiger partial charge is 0.143 e. The third-order valence-electron chi connectivity index (χ3n) is 2.67. The second kappa shape index (κ2) is 4.75. The minimum Gasteiger partial charge on any atom is -0.143 e. The van der Waals surface area contributed by atoms with Crippen LogP contribution in [0.3, 0.4) is 0 Å². The van der Waals surface area contributed by atoms with Crippen LogP contribution in [0.2, 0.25) is 0 Å². The van der Waals surface area contributed by atoms with Crippen molar-refractivity contribution in [2.75, 3.05) is 0 Å². The summed E-state index contributed by atoms with van der Waals surface area (Å²) in [5.74, 6) is 0. The van der Waals surface area contributed by atoms with Gasteiger partial charge in [0, 0.05) is 4.90 Å². The van der Waals surface area contributed by atoms with E-state index in [-0.39, 0.29) is 0 Å². The smallest absolute Gasteiger partial charge is 0.00754 e. The highest BCUT2D eigenvalue weighted by Gasteiger charge is 2.01. The molecule has 2 rings (SSSR count). The summed E-state index contributed by atoms with van der Waals surface area (Å²) in [5, 5.41) is 0. The van der Waals surface area contributed by atoms with Crippen LogP contribution in [0.25, 0.3) is 0 Å². The summed E-state index contributed by atoms with van der Waals surface area (Å²) < 4.78 is 0. The summed E-state index contributed by atoms with van der Waals surface area (Å²) >= 11 is 4.48. The zero-order valence-corrected chi connectivity index (χ0v) is 10.6. The van der Waals surface area contributed by atoms with Gasteiger partial charge in [0.15, 0.2) is 0 Å². The van der Waals surface area contributed by atoms with Gasteiger partial charge in [-0.15, -0.1) is 12.6 Å². The minimum absolute atomic E-state index is 0.961. The van der Waals surface area contributed by atoms with Crippen molar-refractivity contribution in [2.24, 2.45) is 0 Å². The van der Waals surface area contributed by atoms with Crippen LogP contribution in [-0.2, 0) is 6.42 Å². The van der Waals surface area contributed by atoms with Gasteiger partial charge in [0.1, 0.15) is 0 Å². The summed E-state index contributed by atoms with van der Waals surface area (Å²) in [6.07, 6.45) is 0.961. The standard InChI is InChI=1S/C15H16S/c1-11-7-12(2)9-13(8-11)10-14-5-3-4-6-15(14)16/h3-9,16H,10H2,1-2H3. The maximum atomic E-state index is 4.48. The monoisotopic (exact) mass is 228 g/mol. The van der Waals surface area contributed by atoms with Crippen LogP contribution in [0.4, 0.5) is 0 Å². The van der Waals surface area contributed by atoms with Crippen LogP contribution in [0.15, 0.2) is 47.4 Å². The molecule has 0 aromatic heterocycles. The third kappa shape index (κ3) is 2.67. The van der Waals surface area contributed by atoms with Crippen molar-refractivity contribution in [1.29, 1.82) is 0 Å². The van der Waals surface area contributed by atoms with Gasteiger partial charge in [-0.25, -0.2) is 0 Å². The zero-order valence-electron chi connectivity index (χ0n) is 9.70. The molecule has 0 aliphatic carbocycles. The number of thiol groups is 1. The van der Waals surface area contributed by atoms with Crippen molar-refractivity contribution >= 4 is 12.6 Å². The Labute approximate surface area is 103 Å². The van der Waals surface area contributed by atoms with Gasteiger partial charge < -0.3 is 0 Å². The van der Waals surface area contributed by atoms with Crippen molar-refractivity contribution in [1.82, 2.24) is 0 Å². The molecule has 1 heteroatoms. The lowest BCUT2D eigenvalue weighted by atomic mass is 10.0. The molecule has 0 radical (unpaired) electrons. The Bertz CT molecular complexity index is 480. The van der Waals surface area contributed by atoms with E-state index in [4.69, 9.17) is 0 Å². The van der Waals surface area contributed by atoms with Crippen LogP contribution in [0, 0.1) is 13.8 Å². The number of aryl methyl sites for hydroxylation is 2. The number of rotatable bonds is 2. The Kier molecular flexibility index (Phi) is 3.35. The topological polar surface area (TPSA) is 0 Å². The Morgan fingerprint density at radius 1 is 0.938 bits per heavy atom. The highest BCUT2D eigenvalue weighted by Crippen LogP contribution is 2.19. The first kappa shape index (κ1) is 11.3.